The van der Waals surface area contributed by atoms with Crippen LogP contribution in [0.1, 0.15) is 23.6 Å². The Hall–Kier alpha value is -2.67. The van der Waals surface area contributed by atoms with E-state index in [0.29, 0.717) is 12.2 Å². The first-order valence-corrected chi connectivity index (χ1v) is 6.87. The third kappa shape index (κ3) is 2.77. The molecule has 0 saturated heterocycles. The van der Waals surface area contributed by atoms with Gasteiger partial charge in [-0.1, -0.05) is 6.07 Å². The number of nitrogens with one attached hydrogen (secondary N) is 1. The van der Waals surface area contributed by atoms with Crippen molar-refractivity contribution in [2.75, 3.05) is 19.0 Å². The fourth-order valence-corrected chi connectivity index (χ4v) is 2.53. The molecule has 1 heterocycles. The summed E-state index contributed by atoms with van der Waals surface area (Å²) in [6.45, 7) is 0.676. The summed E-state index contributed by atoms with van der Waals surface area (Å²) in [4.78, 5) is 0. The first kappa shape index (κ1) is 13.3. The van der Waals surface area contributed by atoms with Gasteiger partial charge in [-0.2, -0.15) is 5.26 Å². The van der Waals surface area contributed by atoms with Gasteiger partial charge in [-0.05, 0) is 36.4 Å². The van der Waals surface area contributed by atoms with E-state index >= 15 is 0 Å². The fraction of sp³-hybridized carbons (Fsp3) is 0.235. The summed E-state index contributed by atoms with van der Waals surface area (Å²) in [6, 6.07) is 15.7. The molecule has 106 valence electrons. The Morgan fingerprint density at radius 2 is 2.19 bits per heavy atom. The number of benzene rings is 2. The summed E-state index contributed by atoms with van der Waals surface area (Å²) in [6.07, 6.45) is 0.872. The lowest BCUT2D eigenvalue weighted by atomic mass is 9.99. The van der Waals surface area contributed by atoms with Crippen molar-refractivity contribution in [1.82, 2.24) is 0 Å². The van der Waals surface area contributed by atoms with E-state index in [9.17, 15) is 0 Å². The predicted octanol–water partition coefficient (Wildman–Crippen LogP) is 3.50. The lowest BCUT2D eigenvalue weighted by Crippen LogP contribution is -2.20. The van der Waals surface area contributed by atoms with Crippen LogP contribution >= 0.6 is 0 Å². The Morgan fingerprint density at radius 1 is 1.29 bits per heavy atom. The lowest BCUT2D eigenvalue weighted by Gasteiger charge is -2.28. The Labute approximate surface area is 123 Å². The van der Waals surface area contributed by atoms with Gasteiger partial charge < -0.3 is 14.8 Å². The molecule has 0 fully saturated rings. The van der Waals surface area contributed by atoms with E-state index < -0.39 is 0 Å². The average molecular weight is 280 g/mol. The first-order valence-electron chi connectivity index (χ1n) is 6.87. The Bertz CT molecular complexity index is 691. The van der Waals surface area contributed by atoms with Gasteiger partial charge in [0.1, 0.15) is 11.5 Å². The van der Waals surface area contributed by atoms with E-state index in [2.05, 4.69) is 11.4 Å². The molecule has 0 bridgehead atoms. The minimum atomic E-state index is 0.151. The van der Waals surface area contributed by atoms with Crippen molar-refractivity contribution in [3.8, 4) is 17.6 Å². The number of hydrogen-bond donors (Lipinski definition) is 1. The Kier molecular flexibility index (Phi) is 3.65. The van der Waals surface area contributed by atoms with Crippen LogP contribution in [0.5, 0.6) is 11.5 Å². The SMILES string of the molecule is COc1ccc2c(c1)C(Nc1cccc(C#N)c1)CCO2. The summed E-state index contributed by atoms with van der Waals surface area (Å²) in [5.74, 6) is 1.70. The van der Waals surface area contributed by atoms with Gasteiger partial charge in [-0.3, -0.25) is 0 Å². The van der Waals surface area contributed by atoms with Crippen LogP contribution in [0.2, 0.25) is 0 Å². The molecule has 1 N–H and O–H groups in total. The maximum atomic E-state index is 8.98. The van der Waals surface area contributed by atoms with Crippen LogP contribution in [0.25, 0.3) is 0 Å². The molecule has 1 unspecified atom stereocenters. The number of hydrogen-bond acceptors (Lipinski definition) is 4. The van der Waals surface area contributed by atoms with Crippen molar-refractivity contribution in [1.29, 1.82) is 5.26 Å². The Balaban J connectivity index is 1.89. The second-order valence-electron chi connectivity index (χ2n) is 4.93. The van der Waals surface area contributed by atoms with Crippen molar-refractivity contribution in [2.45, 2.75) is 12.5 Å². The fourth-order valence-electron chi connectivity index (χ4n) is 2.53. The molecule has 0 amide bonds. The quantitative estimate of drug-likeness (QED) is 0.935. The van der Waals surface area contributed by atoms with E-state index in [4.69, 9.17) is 14.7 Å². The molecule has 1 aliphatic heterocycles. The minimum Gasteiger partial charge on any atom is -0.497 e. The summed E-state index contributed by atoms with van der Waals surface area (Å²) in [7, 11) is 1.66. The van der Waals surface area contributed by atoms with Crippen LogP contribution in [0.4, 0.5) is 5.69 Å². The third-order valence-electron chi connectivity index (χ3n) is 3.59. The molecular formula is C17H16N2O2. The number of nitrogens with zero attached hydrogens (tertiary/aromatic N) is 1. The topological polar surface area (TPSA) is 54.3 Å². The standard InChI is InChI=1S/C17H16N2O2/c1-20-14-5-6-17-15(10-14)16(7-8-21-17)19-13-4-2-3-12(9-13)11-18/h2-6,9-10,16,19H,7-8H2,1H3. The molecule has 0 aromatic heterocycles. The molecule has 0 spiro atoms. The molecule has 3 rings (SSSR count). The van der Waals surface area contributed by atoms with Crippen molar-refractivity contribution in [3.05, 3.63) is 53.6 Å². The molecule has 1 atom stereocenters. The minimum absolute atomic E-state index is 0.151. The van der Waals surface area contributed by atoms with Crippen molar-refractivity contribution < 1.29 is 9.47 Å². The highest BCUT2D eigenvalue weighted by Gasteiger charge is 2.22. The molecule has 4 heteroatoms. The zero-order chi connectivity index (χ0) is 14.7. The monoisotopic (exact) mass is 280 g/mol. The van der Waals surface area contributed by atoms with Gasteiger partial charge >= 0.3 is 0 Å². The molecule has 0 radical (unpaired) electrons. The third-order valence-corrected chi connectivity index (χ3v) is 3.59. The maximum Gasteiger partial charge on any atom is 0.124 e. The molecule has 2 aromatic carbocycles. The van der Waals surface area contributed by atoms with Crippen LogP contribution in [0, 0.1) is 11.3 Å². The predicted molar refractivity (Wildman–Crippen MR) is 80.6 cm³/mol. The van der Waals surface area contributed by atoms with E-state index in [1.54, 1.807) is 13.2 Å². The molecule has 0 saturated carbocycles. The number of fused-ring (bicyclic) bond motifs is 1. The smallest absolute Gasteiger partial charge is 0.124 e. The van der Waals surface area contributed by atoms with Crippen molar-refractivity contribution in [3.63, 3.8) is 0 Å². The van der Waals surface area contributed by atoms with E-state index in [1.165, 1.54) is 0 Å². The van der Waals surface area contributed by atoms with Crippen LogP contribution in [0.3, 0.4) is 0 Å². The Morgan fingerprint density at radius 3 is 3.00 bits per heavy atom. The number of nitriles is 1. The molecule has 4 nitrogen and oxygen atoms in total. The summed E-state index contributed by atoms with van der Waals surface area (Å²) in [5.41, 5.74) is 2.68. The molecule has 0 aliphatic carbocycles. The van der Waals surface area contributed by atoms with E-state index in [-0.39, 0.29) is 6.04 Å². The van der Waals surface area contributed by atoms with Gasteiger partial charge in [0, 0.05) is 17.7 Å². The summed E-state index contributed by atoms with van der Waals surface area (Å²) >= 11 is 0. The number of anilines is 1. The highest BCUT2D eigenvalue weighted by molar-refractivity contribution is 5.53. The summed E-state index contributed by atoms with van der Waals surface area (Å²) < 4.78 is 11.0. The van der Waals surface area contributed by atoms with Crippen molar-refractivity contribution in [2.24, 2.45) is 0 Å². The van der Waals surface area contributed by atoms with Gasteiger partial charge in [0.25, 0.3) is 0 Å². The van der Waals surface area contributed by atoms with Crippen LogP contribution < -0.4 is 14.8 Å². The van der Waals surface area contributed by atoms with Crippen molar-refractivity contribution >= 4 is 5.69 Å². The molecule has 21 heavy (non-hydrogen) atoms. The normalized spacial score (nSPS) is 16.3. The highest BCUT2D eigenvalue weighted by Crippen LogP contribution is 2.36. The molecule has 1 aliphatic rings. The van der Waals surface area contributed by atoms with Gasteiger partial charge in [0.2, 0.25) is 0 Å². The van der Waals surface area contributed by atoms with Gasteiger partial charge in [-0.15, -0.1) is 0 Å². The van der Waals surface area contributed by atoms with E-state index in [1.807, 2.05) is 36.4 Å². The average Bonchev–Trinajstić information content (AvgIpc) is 2.55. The number of rotatable bonds is 3. The van der Waals surface area contributed by atoms with Gasteiger partial charge in [0.15, 0.2) is 0 Å². The van der Waals surface area contributed by atoms with Crippen LogP contribution in [-0.2, 0) is 0 Å². The number of methoxy groups -OCH3 is 1. The maximum absolute atomic E-state index is 8.98. The van der Waals surface area contributed by atoms with E-state index in [0.717, 1.165) is 29.2 Å². The highest BCUT2D eigenvalue weighted by atomic mass is 16.5. The molecule has 2 aromatic rings. The molecular weight excluding hydrogens is 264 g/mol. The van der Waals surface area contributed by atoms with Gasteiger partial charge in [-0.25, -0.2) is 0 Å². The van der Waals surface area contributed by atoms with Crippen LogP contribution in [0.15, 0.2) is 42.5 Å². The van der Waals surface area contributed by atoms with Crippen LogP contribution in [-0.4, -0.2) is 13.7 Å². The second kappa shape index (κ2) is 5.76. The first-order chi connectivity index (χ1) is 10.3. The summed E-state index contributed by atoms with van der Waals surface area (Å²) in [5, 5.41) is 12.5. The van der Waals surface area contributed by atoms with Gasteiger partial charge in [0.05, 0.1) is 31.4 Å². The zero-order valence-electron chi connectivity index (χ0n) is 11.8. The lowest BCUT2D eigenvalue weighted by molar-refractivity contribution is 0.273. The largest absolute Gasteiger partial charge is 0.497 e. The zero-order valence-corrected chi connectivity index (χ0v) is 11.8. The second-order valence-corrected chi connectivity index (χ2v) is 4.93. The number of ether oxygens (including phenoxy) is 2.